The maximum Gasteiger partial charge on any atom is 0.326 e. The Kier molecular flexibility index (Phi) is 3.75. The number of anilines is 1. The number of rotatable bonds is 3. The molecule has 1 aromatic carbocycles. The lowest BCUT2D eigenvalue weighted by Gasteiger charge is -2.32. The molecule has 0 aliphatic carbocycles. The maximum atomic E-state index is 11.5. The van der Waals surface area contributed by atoms with Gasteiger partial charge in [0.25, 0.3) is 0 Å². The summed E-state index contributed by atoms with van der Waals surface area (Å²) in [5, 5.41) is 9.43. The molecule has 0 spiro atoms. The van der Waals surface area contributed by atoms with E-state index in [1.807, 2.05) is 43.0 Å². The number of aliphatic carboxylic acids is 1. The number of carboxylic acids is 1. The van der Waals surface area contributed by atoms with Gasteiger partial charge in [-0.25, -0.2) is 4.79 Å². The van der Waals surface area contributed by atoms with Crippen LogP contribution in [0.3, 0.4) is 0 Å². The van der Waals surface area contributed by atoms with Crippen LogP contribution in [0.2, 0.25) is 0 Å². The van der Waals surface area contributed by atoms with Gasteiger partial charge in [0.05, 0.1) is 12.3 Å². The molecule has 18 heavy (non-hydrogen) atoms. The van der Waals surface area contributed by atoms with Crippen LogP contribution in [0.5, 0.6) is 5.75 Å². The third kappa shape index (κ3) is 2.42. The van der Waals surface area contributed by atoms with E-state index in [0.717, 1.165) is 17.9 Å². The quantitative estimate of drug-likeness (QED) is 0.893. The number of fused-ring (bicyclic) bond motifs is 1. The lowest BCUT2D eigenvalue weighted by atomic mass is 10.0. The lowest BCUT2D eigenvalue weighted by Crippen LogP contribution is -2.45. The fourth-order valence-electron chi connectivity index (χ4n) is 2.42. The third-order valence-corrected chi connectivity index (χ3v) is 3.20. The Morgan fingerprint density at radius 1 is 1.39 bits per heavy atom. The third-order valence-electron chi connectivity index (χ3n) is 3.20. The SMILES string of the molecule is CC(C)C(C(=O)O)N1CCCOc2ccccc21. The molecule has 0 saturated heterocycles. The zero-order valence-corrected chi connectivity index (χ0v) is 10.8. The number of carbonyl (C=O) groups is 1. The predicted octanol–water partition coefficient (Wildman–Crippen LogP) is 2.38. The number of hydrogen-bond acceptors (Lipinski definition) is 3. The molecule has 98 valence electrons. The van der Waals surface area contributed by atoms with E-state index in [1.54, 1.807) is 0 Å². The highest BCUT2D eigenvalue weighted by Crippen LogP contribution is 2.33. The number of benzene rings is 1. The summed E-state index contributed by atoms with van der Waals surface area (Å²) in [7, 11) is 0. The topological polar surface area (TPSA) is 49.8 Å². The van der Waals surface area contributed by atoms with Gasteiger partial charge < -0.3 is 14.7 Å². The highest BCUT2D eigenvalue weighted by Gasteiger charge is 2.31. The van der Waals surface area contributed by atoms with Crippen LogP contribution in [0, 0.1) is 5.92 Å². The normalized spacial score (nSPS) is 16.7. The fourth-order valence-corrected chi connectivity index (χ4v) is 2.42. The van der Waals surface area contributed by atoms with Crippen molar-refractivity contribution < 1.29 is 14.6 Å². The summed E-state index contributed by atoms with van der Waals surface area (Å²) in [6.45, 7) is 5.23. The average Bonchev–Trinajstić information content (AvgIpc) is 2.52. The molecule has 1 aliphatic rings. The fraction of sp³-hybridized carbons (Fsp3) is 0.500. The molecule has 0 saturated carbocycles. The first kappa shape index (κ1) is 12.7. The minimum Gasteiger partial charge on any atom is -0.491 e. The monoisotopic (exact) mass is 249 g/mol. The lowest BCUT2D eigenvalue weighted by molar-refractivity contribution is -0.139. The van der Waals surface area contributed by atoms with E-state index in [0.29, 0.717) is 13.2 Å². The molecule has 2 rings (SSSR count). The Morgan fingerprint density at radius 3 is 2.78 bits per heavy atom. The molecule has 0 radical (unpaired) electrons. The van der Waals surface area contributed by atoms with E-state index in [1.165, 1.54) is 0 Å². The van der Waals surface area contributed by atoms with Gasteiger partial charge in [0, 0.05) is 6.54 Å². The first-order chi connectivity index (χ1) is 8.61. The van der Waals surface area contributed by atoms with Crippen LogP contribution in [-0.2, 0) is 4.79 Å². The zero-order chi connectivity index (χ0) is 13.1. The molecule has 0 aromatic heterocycles. The molecule has 4 nitrogen and oxygen atoms in total. The second kappa shape index (κ2) is 5.29. The Balaban J connectivity index is 2.40. The Labute approximate surface area is 107 Å². The van der Waals surface area contributed by atoms with Gasteiger partial charge in [0.1, 0.15) is 11.8 Å². The minimum absolute atomic E-state index is 0.0497. The molecule has 1 heterocycles. The first-order valence-electron chi connectivity index (χ1n) is 6.32. The second-order valence-corrected chi connectivity index (χ2v) is 4.89. The van der Waals surface area contributed by atoms with Crippen molar-refractivity contribution in [3.05, 3.63) is 24.3 Å². The Hall–Kier alpha value is -1.71. The molecule has 0 bridgehead atoms. The number of carboxylic acid groups (broad SMARTS) is 1. The molecule has 0 amide bonds. The molecule has 4 heteroatoms. The molecule has 1 atom stereocenters. The van der Waals surface area contributed by atoms with Crippen LogP contribution in [0.4, 0.5) is 5.69 Å². The van der Waals surface area contributed by atoms with E-state index >= 15 is 0 Å². The number of hydrogen-bond donors (Lipinski definition) is 1. The van der Waals surface area contributed by atoms with Gasteiger partial charge in [-0.3, -0.25) is 0 Å². The standard InChI is InChI=1S/C14H19NO3/c1-10(2)13(14(16)17)15-8-5-9-18-12-7-4-3-6-11(12)15/h3-4,6-7,10,13H,5,8-9H2,1-2H3,(H,16,17). The second-order valence-electron chi connectivity index (χ2n) is 4.89. The van der Waals surface area contributed by atoms with Crippen molar-refractivity contribution in [2.45, 2.75) is 26.3 Å². The van der Waals surface area contributed by atoms with Crippen LogP contribution in [-0.4, -0.2) is 30.3 Å². The molecule has 1 aromatic rings. The number of para-hydroxylation sites is 2. The van der Waals surface area contributed by atoms with Gasteiger partial charge in [0.2, 0.25) is 0 Å². The summed E-state index contributed by atoms with van der Waals surface area (Å²) < 4.78 is 5.65. The molecule has 1 aliphatic heterocycles. The van der Waals surface area contributed by atoms with Gasteiger partial charge >= 0.3 is 5.97 Å². The summed E-state index contributed by atoms with van der Waals surface area (Å²) in [5.41, 5.74) is 0.885. The highest BCUT2D eigenvalue weighted by molar-refractivity contribution is 5.79. The molecule has 0 fully saturated rings. The summed E-state index contributed by atoms with van der Waals surface area (Å²) in [6, 6.07) is 7.15. The van der Waals surface area contributed by atoms with Crippen LogP contribution in [0.15, 0.2) is 24.3 Å². The first-order valence-corrected chi connectivity index (χ1v) is 6.32. The van der Waals surface area contributed by atoms with Gasteiger partial charge in [-0.05, 0) is 24.5 Å². The van der Waals surface area contributed by atoms with E-state index in [4.69, 9.17) is 4.74 Å². The van der Waals surface area contributed by atoms with Crippen LogP contribution in [0.1, 0.15) is 20.3 Å². The van der Waals surface area contributed by atoms with Crippen molar-refractivity contribution in [3.8, 4) is 5.75 Å². The van der Waals surface area contributed by atoms with E-state index in [9.17, 15) is 9.90 Å². The van der Waals surface area contributed by atoms with Gasteiger partial charge in [0.15, 0.2) is 0 Å². The number of nitrogens with zero attached hydrogens (tertiary/aromatic N) is 1. The van der Waals surface area contributed by atoms with Crippen molar-refractivity contribution in [2.24, 2.45) is 5.92 Å². The Morgan fingerprint density at radius 2 is 2.11 bits per heavy atom. The minimum atomic E-state index is -0.776. The van der Waals surface area contributed by atoms with E-state index in [-0.39, 0.29) is 5.92 Å². The van der Waals surface area contributed by atoms with Gasteiger partial charge in [-0.2, -0.15) is 0 Å². The summed E-state index contributed by atoms with van der Waals surface area (Å²) in [6.07, 6.45) is 0.838. The van der Waals surface area contributed by atoms with Crippen LogP contribution >= 0.6 is 0 Å². The van der Waals surface area contributed by atoms with Crippen molar-refractivity contribution in [2.75, 3.05) is 18.1 Å². The largest absolute Gasteiger partial charge is 0.491 e. The van der Waals surface area contributed by atoms with Crippen molar-refractivity contribution in [1.29, 1.82) is 0 Å². The van der Waals surface area contributed by atoms with Gasteiger partial charge in [-0.1, -0.05) is 26.0 Å². The number of ether oxygens (including phenoxy) is 1. The molecule has 1 unspecified atom stereocenters. The summed E-state index contributed by atoms with van der Waals surface area (Å²) in [5.74, 6) is 0.0530. The zero-order valence-electron chi connectivity index (χ0n) is 10.8. The van der Waals surface area contributed by atoms with Crippen molar-refractivity contribution >= 4 is 11.7 Å². The Bertz CT molecular complexity index is 431. The smallest absolute Gasteiger partial charge is 0.326 e. The van der Waals surface area contributed by atoms with Crippen LogP contribution < -0.4 is 9.64 Å². The highest BCUT2D eigenvalue weighted by atomic mass is 16.5. The predicted molar refractivity (Wildman–Crippen MR) is 70.2 cm³/mol. The van der Waals surface area contributed by atoms with E-state index in [2.05, 4.69) is 0 Å². The molecular weight excluding hydrogens is 230 g/mol. The maximum absolute atomic E-state index is 11.5. The molecular formula is C14H19NO3. The van der Waals surface area contributed by atoms with E-state index < -0.39 is 12.0 Å². The van der Waals surface area contributed by atoms with Crippen LogP contribution in [0.25, 0.3) is 0 Å². The van der Waals surface area contributed by atoms with Gasteiger partial charge in [-0.15, -0.1) is 0 Å². The summed E-state index contributed by atoms with van der Waals surface area (Å²) in [4.78, 5) is 13.4. The van der Waals surface area contributed by atoms with Crippen molar-refractivity contribution in [1.82, 2.24) is 0 Å². The molecule has 1 N–H and O–H groups in total. The summed E-state index contributed by atoms with van der Waals surface area (Å²) >= 11 is 0. The average molecular weight is 249 g/mol. The van der Waals surface area contributed by atoms with Crippen molar-refractivity contribution in [3.63, 3.8) is 0 Å².